The van der Waals surface area contributed by atoms with Crippen molar-refractivity contribution in [3.8, 4) is 0 Å². The molecule has 0 aliphatic rings. The van der Waals surface area contributed by atoms with Gasteiger partial charge in [-0.2, -0.15) is 0 Å². The van der Waals surface area contributed by atoms with E-state index in [1.165, 1.54) is 17.0 Å². The van der Waals surface area contributed by atoms with Crippen molar-refractivity contribution in [2.24, 2.45) is 0 Å². The number of nitrogens with zero attached hydrogens (tertiary/aromatic N) is 2. The molecule has 0 fully saturated rings. The molecule has 0 radical (unpaired) electrons. The fourth-order valence-corrected chi connectivity index (χ4v) is 5.86. The molecule has 0 bridgehead atoms. The van der Waals surface area contributed by atoms with Gasteiger partial charge < -0.3 is 10.2 Å². The van der Waals surface area contributed by atoms with Crippen LogP contribution in [0.15, 0.2) is 76.1 Å². The van der Waals surface area contributed by atoms with Crippen molar-refractivity contribution in [1.29, 1.82) is 0 Å². The van der Waals surface area contributed by atoms with Crippen LogP contribution in [0.5, 0.6) is 0 Å². The predicted octanol–water partition coefficient (Wildman–Crippen LogP) is 6.59. The van der Waals surface area contributed by atoms with Gasteiger partial charge in [-0.1, -0.05) is 62.9 Å². The second kappa shape index (κ2) is 12.9. The molecular formula is C29H32BrCl2N3O4S. The monoisotopic (exact) mass is 667 g/mol. The van der Waals surface area contributed by atoms with E-state index in [1.54, 1.807) is 61.5 Å². The van der Waals surface area contributed by atoms with Gasteiger partial charge in [-0.05, 0) is 88.7 Å². The minimum absolute atomic E-state index is 0.00715. The summed E-state index contributed by atoms with van der Waals surface area (Å²) >= 11 is 15.7. The topological polar surface area (TPSA) is 86.8 Å². The molecular weight excluding hydrogens is 637 g/mol. The highest BCUT2D eigenvalue weighted by molar-refractivity contribution is 9.10. The smallest absolute Gasteiger partial charge is 0.264 e. The van der Waals surface area contributed by atoms with Gasteiger partial charge in [0.15, 0.2) is 0 Å². The molecule has 0 saturated heterocycles. The second-order valence-electron chi connectivity index (χ2n) is 10.5. The lowest BCUT2D eigenvalue weighted by atomic mass is 10.1. The van der Waals surface area contributed by atoms with Gasteiger partial charge in [0.25, 0.3) is 10.0 Å². The van der Waals surface area contributed by atoms with Crippen LogP contribution in [0.25, 0.3) is 0 Å². The highest BCUT2D eigenvalue weighted by Crippen LogP contribution is 2.27. The highest BCUT2D eigenvalue weighted by atomic mass is 79.9. The number of hydrogen-bond donors (Lipinski definition) is 1. The first kappa shape index (κ1) is 31.9. The third-order valence-corrected chi connectivity index (χ3v) is 9.06. The molecule has 0 heterocycles. The Bertz CT molecular complexity index is 1470. The summed E-state index contributed by atoms with van der Waals surface area (Å²) in [5.41, 5.74) is 1.30. The van der Waals surface area contributed by atoms with Crippen molar-refractivity contribution in [1.82, 2.24) is 10.2 Å². The van der Waals surface area contributed by atoms with Gasteiger partial charge in [0.2, 0.25) is 11.8 Å². The summed E-state index contributed by atoms with van der Waals surface area (Å²) in [4.78, 5) is 28.5. The zero-order valence-electron chi connectivity index (χ0n) is 22.9. The summed E-state index contributed by atoms with van der Waals surface area (Å²) in [5, 5.41) is 3.55. The standard InChI is InChI=1S/C29H32BrCl2N3O4S/c1-19-6-13-24(14-7-19)40(38,39)35(23-11-9-22(30)10-12-23)18-27(36)34(20(2)28(37)33-29(3,4)5)17-21-8-15-25(31)26(32)16-21/h6-16,20H,17-18H2,1-5H3,(H,33,37)/t20-/m1/s1. The Labute approximate surface area is 254 Å². The van der Waals surface area contributed by atoms with Crippen molar-refractivity contribution in [2.75, 3.05) is 10.8 Å². The van der Waals surface area contributed by atoms with Gasteiger partial charge in [-0.15, -0.1) is 0 Å². The van der Waals surface area contributed by atoms with Crippen LogP contribution >= 0.6 is 39.1 Å². The number of benzene rings is 3. The van der Waals surface area contributed by atoms with Gasteiger partial charge >= 0.3 is 0 Å². The van der Waals surface area contributed by atoms with Crippen LogP contribution in [0, 0.1) is 6.92 Å². The molecule has 3 aromatic carbocycles. The molecule has 214 valence electrons. The molecule has 11 heteroatoms. The van der Waals surface area contributed by atoms with Crippen LogP contribution in [-0.2, 0) is 26.2 Å². The number of anilines is 1. The Kier molecular flexibility index (Phi) is 10.3. The summed E-state index contributed by atoms with van der Waals surface area (Å²) in [6, 6.07) is 17.0. The van der Waals surface area contributed by atoms with Gasteiger partial charge in [-0.25, -0.2) is 8.42 Å². The predicted molar refractivity (Wildman–Crippen MR) is 164 cm³/mol. The lowest BCUT2D eigenvalue weighted by molar-refractivity contribution is -0.140. The molecule has 40 heavy (non-hydrogen) atoms. The molecule has 0 aromatic heterocycles. The molecule has 0 saturated carbocycles. The van der Waals surface area contributed by atoms with Crippen LogP contribution in [0.1, 0.15) is 38.8 Å². The van der Waals surface area contributed by atoms with Crippen LogP contribution in [0.3, 0.4) is 0 Å². The zero-order valence-corrected chi connectivity index (χ0v) is 26.8. The quantitative estimate of drug-likeness (QED) is 0.279. The van der Waals surface area contributed by atoms with E-state index >= 15 is 0 Å². The van der Waals surface area contributed by atoms with Gasteiger partial charge in [-0.3, -0.25) is 13.9 Å². The minimum atomic E-state index is -4.14. The van der Waals surface area contributed by atoms with E-state index in [9.17, 15) is 18.0 Å². The van der Waals surface area contributed by atoms with E-state index in [0.29, 0.717) is 21.3 Å². The Morgan fingerprint density at radius 3 is 2.10 bits per heavy atom. The average Bonchev–Trinajstić information content (AvgIpc) is 2.87. The van der Waals surface area contributed by atoms with Crippen LogP contribution in [0.2, 0.25) is 10.0 Å². The number of aryl methyl sites for hydroxylation is 1. The first-order valence-electron chi connectivity index (χ1n) is 12.5. The number of hydrogen-bond acceptors (Lipinski definition) is 4. The summed E-state index contributed by atoms with van der Waals surface area (Å²) in [6.45, 7) is 8.45. The number of halogens is 3. The third-order valence-electron chi connectivity index (χ3n) is 6.00. The average molecular weight is 669 g/mol. The van der Waals surface area contributed by atoms with E-state index in [-0.39, 0.29) is 17.3 Å². The Hall–Kier alpha value is -2.59. The maximum atomic E-state index is 14.0. The second-order valence-corrected chi connectivity index (χ2v) is 14.1. The number of carbonyl (C=O) groups excluding carboxylic acids is 2. The first-order valence-corrected chi connectivity index (χ1v) is 15.5. The molecule has 3 aromatic rings. The van der Waals surface area contributed by atoms with Crippen LogP contribution in [0.4, 0.5) is 5.69 Å². The molecule has 3 rings (SSSR count). The molecule has 1 N–H and O–H groups in total. The number of amides is 2. The number of rotatable bonds is 9. The van der Waals surface area contributed by atoms with Crippen LogP contribution in [-0.4, -0.2) is 43.3 Å². The number of sulfonamides is 1. The maximum absolute atomic E-state index is 14.0. The summed E-state index contributed by atoms with van der Waals surface area (Å²) in [6.07, 6.45) is 0. The zero-order chi connectivity index (χ0) is 29.8. The van der Waals surface area contributed by atoms with Gasteiger partial charge in [0, 0.05) is 16.6 Å². The first-order chi connectivity index (χ1) is 18.6. The molecule has 0 aliphatic heterocycles. The van der Waals surface area contributed by atoms with E-state index in [1.807, 2.05) is 27.7 Å². The van der Waals surface area contributed by atoms with E-state index in [4.69, 9.17) is 23.2 Å². The molecule has 2 amide bonds. The summed E-state index contributed by atoms with van der Waals surface area (Å²) < 4.78 is 29.5. The fourth-order valence-electron chi connectivity index (χ4n) is 3.86. The molecule has 7 nitrogen and oxygen atoms in total. The SMILES string of the molecule is Cc1ccc(S(=O)(=O)N(CC(=O)N(Cc2ccc(Cl)c(Cl)c2)[C@H](C)C(=O)NC(C)(C)C)c2ccc(Br)cc2)cc1. The Morgan fingerprint density at radius 2 is 1.55 bits per heavy atom. The van der Waals surface area contributed by atoms with Gasteiger partial charge in [0.05, 0.1) is 20.6 Å². The Balaban J connectivity index is 2.04. The van der Waals surface area contributed by atoms with Crippen molar-refractivity contribution in [3.05, 3.63) is 92.4 Å². The lowest BCUT2D eigenvalue weighted by Crippen LogP contribution is -2.54. The normalized spacial score (nSPS) is 12.5. The van der Waals surface area contributed by atoms with Crippen molar-refractivity contribution in [3.63, 3.8) is 0 Å². The maximum Gasteiger partial charge on any atom is 0.264 e. The fraction of sp³-hybridized carbons (Fsp3) is 0.310. The molecule has 0 unspecified atom stereocenters. The van der Waals surface area contributed by atoms with Gasteiger partial charge in [0.1, 0.15) is 12.6 Å². The molecule has 1 atom stereocenters. The number of carbonyl (C=O) groups is 2. The summed E-state index contributed by atoms with van der Waals surface area (Å²) in [5.74, 6) is -0.946. The highest BCUT2D eigenvalue weighted by Gasteiger charge is 2.33. The van der Waals surface area contributed by atoms with Crippen LogP contribution < -0.4 is 9.62 Å². The van der Waals surface area contributed by atoms with E-state index in [2.05, 4.69) is 21.2 Å². The van der Waals surface area contributed by atoms with Crippen molar-refractivity contribution < 1.29 is 18.0 Å². The minimum Gasteiger partial charge on any atom is -0.350 e. The lowest BCUT2D eigenvalue weighted by Gasteiger charge is -2.33. The van der Waals surface area contributed by atoms with Crippen molar-refractivity contribution >= 4 is 66.7 Å². The number of nitrogens with one attached hydrogen (secondary N) is 1. The van der Waals surface area contributed by atoms with E-state index in [0.717, 1.165) is 14.3 Å². The largest absolute Gasteiger partial charge is 0.350 e. The Morgan fingerprint density at radius 1 is 0.950 bits per heavy atom. The molecule has 0 spiro atoms. The molecule has 0 aliphatic carbocycles. The summed E-state index contributed by atoms with van der Waals surface area (Å²) in [7, 11) is -4.14. The van der Waals surface area contributed by atoms with Crippen molar-refractivity contribution in [2.45, 2.75) is 57.6 Å². The third kappa shape index (κ3) is 8.22. The van der Waals surface area contributed by atoms with E-state index < -0.39 is 34.1 Å².